The summed E-state index contributed by atoms with van der Waals surface area (Å²) in [5.41, 5.74) is 9.61. The van der Waals surface area contributed by atoms with Crippen molar-refractivity contribution in [1.29, 1.82) is 0 Å². The molecule has 1 radical (unpaired) electrons. The Bertz CT molecular complexity index is 732. The molecule has 155 valence electrons. The van der Waals surface area contributed by atoms with Crippen molar-refractivity contribution in [3.63, 3.8) is 0 Å². The van der Waals surface area contributed by atoms with Crippen LogP contribution in [0, 0.1) is 27.2 Å². The molecule has 2 rings (SSSR count). The smallest absolute Gasteiger partial charge is 0.410 e. The second-order valence-electron chi connectivity index (χ2n) is 8.17. The fourth-order valence-electron chi connectivity index (χ4n) is 2.75. The van der Waals surface area contributed by atoms with Crippen molar-refractivity contribution >= 4 is 17.7 Å². The summed E-state index contributed by atoms with van der Waals surface area (Å²) in [6, 6.07) is 0. The van der Waals surface area contributed by atoms with Crippen molar-refractivity contribution in [2.75, 3.05) is 4.90 Å². The van der Waals surface area contributed by atoms with Crippen LogP contribution >= 0.6 is 0 Å². The van der Waals surface area contributed by atoms with Crippen LogP contribution in [0.15, 0.2) is 11.8 Å². The van der Waals surface area contributed by atoms with Crippen LogP contribution in [0.5, 0.6) is 0 Å². The van der Waals surface area contributed by atoms with Crippen molar-refractivity contribution in [1.82, 2.24) is 15.3 Å². The average molecular weight is 593 g/mol. The quantitative estimate of drug-likeness (QED) is 0.518. The van der Waals surface area contributed by atoms with Crippen LogP contribution in [-0.4, -0.2) is 27.0 Å². The Kier molecular flexibility index (Phi) is 10.8. The molecule has 8 heteroatoms. The molecule has 0 atom stereocenters. The Morgan fingerprint density at radius 3 is 2.32 bits per heavy atom. The number of hydrogen-bond acceptors (Lipinski definition) is 4. The molecular formula is C20H32N5OVW-. The fourth-order valence-corrected chi connectivity index (χ4v) is 2.75. The molecule has 0 fully saturated rings. The third-order valence-electron chi connectivity index (χ3n) is 5.12. The van der Waals surface area contributed by atoms with Crippen LogP contribution in [0.4, 0.5) is 11.8 Å². The van der Waals surface area contributed by atoms with Gasteiger partial charge in [-0.3, -0.25) is 10.7 Å². The van der Waals surface area contributed by atoms with Gasteiger partial charge in [0.2, 0.25) is 5.91 Å². The van der Waals surface area contributed by atoms with Gasteiger partial charge in [-0.2, -0.15) is 13.8 Å². The normalized spacial score (nSPS) is 15.2. The van der Waals surface area contributed by atoms with E-state index in [1.807, 2.05) is 52.6 Å². The van der Waals surface area contributed by atoms with Gasteiger partial charge in [0.15, 0.2) is 0 Å². The van der Waals surface area contributed by atoms with Crippen LogP contribution in [0.3, 0.4) is 0 Å². The number of aromatic nitrogens is 2. The summed E-state index contributed by atoms with van der Waals surface area (Å²) in [5, 5.41) is 3.10. The van der Waals surface area contributed by atoms with Crippen molar-refractivity contribution in [3.05, 3.63) is 42.1 Å². The number of carbonyl (C=O) groups excluding carboxylic acids is 1. The minimum absolute atomic E-state index is 0. The summed E-state index contributed by atoms with van der Waals surface area (Å²) >= 11 is 0. The number of carbonyl (C=O) groups is 1. The standard InChI is InChI=1S/C19H30N5O.CH3.V.W/c1-11(2)19(7,8)23-16(25)14-9-18(5,6)24(10-14)15-12(3)13(4)21-17(20)22-15;;;/h10H,9H2,1-8H3,(H3,20,21,22,23,25);1H3;;/q2*-1;+2;/p-1. The zero-order valence-electron chi connectivity index (χ0n) is 18.4. The molecule has 0 unspecified atom stereocenters. The van der Waals surface area contributed by atoms with Crippen LogP contribution in [0.2, 0.25) is 0 Å². The van der Waals surface area contributed by atoms with Gasteiger partial charge in [0.05, 0.1) is 5.82 Å². The number of aryl methyl sites for hydroxylation is 1. The maximum atomic E-state index is 12.8. The molecule has 1 aromatic rings. The maximum Gasteiger partial charge on any atom is 2.00 e. The molecule has 0 spiro atoms. The van der Waals surface area contributed by atoms with E-state index in [1.54, 1.807) is 0 Å². The SMILES string of the molecule is Cc1nc([NH-])nc(N2C=C(C(=O)NC(C)(C)[C-](C)C)CC2(C)C)c1C.[CH3-].[V+2].[W]. The predicted molar refractivity (Wildman–Crippen MR) is 108 cm³/mol. The van der Waals surface area contributed by atoms with E-state index in [2.05, 4.69) is 29.1 Å². The monoisotopic (exact) mass is 593 g/mol. The maximum absolute atomic E-state index is 12.8. The number of hydrogen-bond donors (Lipinski definition) is 1. The summed E-state index contributed by atoms with van der Waals surface area (Å²) in [7, 11) is 0. The Morgan fingerprint density at radius 2 is 1.82 bits per heavy atom. The summed E-state index contributed by atoms with van der Waals surface area (Å²) < 4.78 is 0. The summed E-state index contributed by atoms with van der Waals surface area (Å²) in [5.74, 6) is 1.79. The Labute approximate surface area is 196 Å². The Morgan fingerprint density at radius 1 is 1.29 bits per heavy atom. The molecule has 0 bridgehead atoms. The topological polar surface area (TPSA) is 81.9 Å². The minimum Gasteiger partial charge on any atom is -0.410 e. The van der Waals surface area contributed by atoms with E-state index in [1.165, 1.54) is 0 Å². The van der Waals surface area contributed by atoms with Gasteiger partial charge in [-0.05, 0) is 39.0 Å². The van der Waals surface area contributed by atoms with Gasteiger partial charge in [-0.25, -0.2) is 0 Å². The second kappa shape index (κ2) is 10.3. The summed E-state index contributed by atoms with van der Waals surface area (Å²) in [4.78, 5) is 23.2. The van der Waals surface area contributed by atoms with Crippen LogP contribution < -0.4 is 10.2 Å². The van der Waals surface area contributed by atoms with Crippen LogP contribution in [0.1, 0.15) is 59.2 Å². The van der Waals surface area contributed by atoms with Crippen molar-refractivity contribution in [3.8, 4) is 0 Å². The molecule has 0 aromatic carbocycles. The van der Waals surface area contributed by atoms with Crippen molar-refractivity contribution < 1.29 is 44.4 Å². The van der Waals surface area contributed by atoms with Crippen molar-refractivity contribution in [2.45, 2.75) is 72.9 Å². The summed E-state index contributed by atoms with van der Waals surface area (Å²) in [6.45, 7) is 16.0. The van der Waals surface area contributed by atoms with E-state index in [0.29, 0.717) is 12.2 Å². The first-order valence-corrected chi connectivity index (χ1v) is 8.55. The number of nitrogens with one attached hydrogen (secondary N) is 2. The van der Waals surface area contributed by atoms with Gasteiger partial charge < -0.3 is 33.3 Å². The molecule has 1 amide bonds. The summed E-state index contributed by atoms with van der Waals surface area (Å²) in [6.07, 6.45) is 2.48. The molecule has 0 saturated heterocycles. The third kappa shape index (κ3) is 6.08. The number of anilines is 1. The Balaban J connectivity index is 0. The molecule has 1 aromatic heterocycles. The average Bonchev–Trinajstić information content (AvgIpc) is 2.78. The van der Waals surface area contributed by atoms with Gasteiger partial charge in [0.1, 0.15) is 0 Å². The number of nitrogens with zero attached hydrogens (tertiary/aromatic N) is 3. The predicted octanol–water partition coefficient (Wildman–Crippen LogP) is 4.60. The zero-order valence-corrected chi connectivity index (χ0v) is 22.7. The van der Waals surface area contributed by atoms with E-state index < -0.39 is 0 Å². The molecular weight excluding hydrogens is 561 g/mol. The molecule has 28 heavy (non-hydrogen) atoms. The molecule has 6 nitrogen and oxygen atoms in total. The molecule has 1 aliphatic rings. The zero-order chi connectivity index (χ0) is 19.2. The fraction of sp³-hybridized carbons (Fsp3) is 0.550. The second-order valence-corrected chi connectivity index (χ2v) is 8.17. The van der Waals surface area contributed by atoms with E-state index in [-0.39, 0.29) is 70.0 Å². The van der Waals surface area contributed by atoms with Gasteiger partial charge in [-0.1, -0.05) is 19.4 Å². The van der Waals surface area contributed by atoms with Crippen molar-refractivity contribution in [2.24, 2.45) is 0 Å². The number of rotatable bonds is 4. The molecule has 2 N–H and O–H groups in total. The van der Waals surface area contributed by atoms with Gasteiger partial charge >= 0.3 is 18.6 Å². The van der Waals surface area contributed by atoms with Gasteiger partial charge in [-0.15, -0.1) is 0 Å². The van der Waals surface area contributed by atoms with Crippen LogP contribution in [-0.2, 0) is 44.4 Å². The van der Waals surface area contributed by atoms with Crippen LogP contribution in [0.25, 0.3) is 5.73 Å². The van der Waals surface area contributed by atoms with Gasteiger partial charge in [0, 0.05) is 50.7 Å². The molecule has 0 saturated carbocycles. The first-order chi connectivity index (χ1) is 11.3. The van der Waals surface area contributed by atoms with Gasteiger partial charge in [0.25, 0.3) is 0 Å². The molecule has 1 aliphatic heterocycles. The first kappa shape index (κ1) is 29.4. The molecule has 2 heterocycles. The first-order valence-electron chi connectivity index (χ1n) is 8.55. The number of amides is 1. The van der Waals surface area contributed by atoms with E-state index in [4.69, 9.17) is 5.73 Å². The molecule has 0 aliphatic carbocycles. The third-order valence-corrected chi connectivity index (χ3v) is 5.12. The van der Waals surface area contributed by atoms with E-state index in [9.17, 15) is 4.79 Å². The van der Waals surface area contributed by atoms with E-state index in [0.717, 1.165) is 22.7 Å². The van der Waals surface area contributed by atoms with E-state index >= 15 is 0 Å². The minimum atomic E-state index is -0.356. The Hall–Kier alpha value is -0.837. The largest absolute Gasteiger partial charge is 2.00 e.